The first-order valence-corrected chi connectivity index (χ1v) is 6.26. The minimum absolute atomic E-state index is 0.0868. The summed E-state index contributed by atoms with van der Waals surface area (Å²) in [4.78, 5) is 4.30. The zero-order valence-electron chi connectivity index (χ0n) is 11.2. The minimum atomic E-state index is 0.0868. The second-order valence-corrected chi connectivity index (χ2v) is 4.56. The highest BCUT2D eigenvalue weighted by molar-refractivity contribution is 5.91. The van der Waals surface area contributed by atoms with Crippen LogP contribution in [0.1, 0.15) is 18.9 Å². The average molecular weight is 256 g/mol. The second-order valence-electron chi connectivity index (χ2n) is 4.56. The van der Waals surface area contributed by atoms with Gasteiger partial charge >= 0.3 is 0 Å². The van der Waals surface area contributed by atoms with Crippen molar-refractivity contribution in [3.8, 4) is 11.5 Å². The molecule has 1 atom stereocenters. The van der Waals surface area contributed by atoms with E-state index in [1.165, 1.54) is 0 Å². The molecule has 3 rings (SSSR count). The highest BCUT2D eigenvalue weighted by atomic mass is 16.4. The summed E-state index contributed by atoms with van der Waals surface area (Å²) in [6.45, 7) is 2.01. The molecule has 0 amide bonds. The SMILES string of the molecule is CNC(C)c1ncc(-c2nn(C)c3ccccc23)o1. The number of fused-ring (bicyclic) bond motifs is 1. The van der Waals surface area contributed by atoms with E-state index >= 15 is 0 Å². The van der Waals surface area contributed by atoms with E-state index in [1.807, 2.05) is 50.0 Å². The molecule has 1 unspecified atom stereocenters. The van der Waals surface area contributed by atoms with Gasteiger partial charge in [-0.1, -0.05) is 18.2 Å². The highest BCUT2D eigenvalue weighted by Gasteiger charge is 2.16. The van der Waals surface area contributed by atoms with E-state index in [9.17, 15) is 0 Å². The summed E-state index contributed by atoms with van der Waals surface area (Å²) in [5.41, 5.74) is 1.91. The Morgan fingerprint density at radius 2 is 2.11 bits per heavy atom. The van der Waals surface area contributed by atoms with Crippen LogP contribution < -0.4 is 5.32 Å². The molecule has 0 aliphatic heterocycles. The Balaban J connectivity index is 2.12. The van der Waals surface area contributed by atoms with E-state index in [4.69, 9.17) is 4.42 Å². The molecule has 0 aliphatic rings. The van der Waals surface area contributed by atoms with Crippen molar-refractivity contribution < 1.29 is 4.42 Å². The third-order valence-corrected chi connectivity index (χ3v) is 3.32. The van der Waals surface area contributed by atoms with Crippen LogP contribution in [-0.4, -0.2) is 21.8 Å². The predicted octanol–water partition coefficient (Wildman–Crippen LogP) is 2.51. The van der Waals surface area contributed by atoms with Gasteiger partial charge in [0, 0.05) is 12.4 Å². The van der Waals surface area contributed by atoms with E-state index in [2.05, 4.69) is 15.4 Å². The summed E-state index contributed by atoms with van der Waals surface area (Å²) >= 11 is 0. The number of aryl methyl sites for hydroxylation is 1. The maximum absolute atomic E-state index is 5.79. The fraction of sp³-hybridized carbons (Fsp3) is 0.286. The van der Waals surface area contributed by atoms with Crippen molar-refractivity contribution in [3.05, 3.63) is 36.4 Å². The predicted molar refractivity (Wildman–Crippen MR) is 73.7 cm³/mol. The third-order valence-electron chi connectivity index (χ3n) is 3.32. The molecule has 0 bridgehead atoms. The Morgan fingerprint density at radius 1 is 1.32 bits per heavy atom. The maximum atomic E-state index is 5.79. The number of hydrogen-bond acceptors (Lipinski definition) is 4. The smallest absolute Gasteiger partial charge is 0.211 e. The summed E-state index contributed by atoms with van der Waals surface area (Å²) in [6, 6.07) is 8.17. The lowest BCUT2D eigenvalue weighted by Gasteiger charge is -2.03. The number of nitrogens with one attached hydrogen (secondary N) is 1. The lowest BCUT2D eigenvalue weighted by atomic mass is 10.2. The van der Waals surface area contributed by atoms with Crippen LogP contribution in [0.15, 0.2) is 34.9 Å². The molecule has 0 aliphatic carbocycles. The number of benzene rings is 1. The van der Waals surface area contributed by atoms with Gasteiger partial charge in [0.05, 0.1) is 17.8 Å². The zero-order valence-corrected chi connectivity index (χ0v) is 11.2. The maximum Gasteiger partial charge on any atom is 0.211 e. The average Bonchev–Trinajstić information content (AvgIpc) is 3.04. The van der Waals surface area contributed by atoms with Gasteiger partial charge in [-0.3, -0.25) is 4.68 Å². The second kappa shape index (κ2) is 4.51. The first-order chi connectivity index (χ1) is 9.20. The first kappa shape index (κ1) is 11.9. The Morgan fingerprint density at radius 3 is 2.89 bits per heavy atom. The van der Waals surface area contributed by atoms with Crippen LogP contribution in [-0.2, 0) is 7.05 Å². The molecule has 5 nitrogen and oxygen atoms in total. The van der Waals surface area contributed by atoms with Crippen molar-refractivity contribution in [3.63, 3.8) is 0 Å². The monoisotopic (exact) mass is 256 g/mol. The Kier molecular flexibility index (Phi) is 2.83. The molecule has 2 aromatic heterocycles. The molecule has 0 saturated heterocycles. The van der Waals surface area contributed by atoms with Gasteiger partial charge < -0.3 is 9.73 Å². The molecule has 98 valence electrons. The number of oxazole rings is 1. The van der Waals surface area contributed by atoms with Gasteiger partial charge in [0.1, 0.15) is 5.69 Å². The van der Waals surface area contributed by atoms with Crippen molar-refractivity contribution in [2.45, 2.75) is 13.0 Å². The number of para-hydroxylation sites is 1. The Bertz CT molecular complexity index is 713. The fourth-order valence-corrected chi connectivity index (χ4v) is 2.12. The van der Waals surface area contributed by atoms with E-state index in [-0.39, 0.29) is 6.04 Å². The topological polar surface area (TPSA) is 55.9 Å². The zero-order chi connectivity index (χ0) is 13.4. The van der Waals surface area contributed by atoms with Crippen LogP contribution in [0, 0.1) is 0 Å². The molecule has 3 aromatic rings. The van der Waals surface area contributed by atoms with Crippen LogP contribution in [0.4, 0.5) is 0 Å². The van der Waals surface area contributed by atoms with Crippen molar-refractivity contribution in [1.29, 1.82) is 0 Å². The van der Waals surface area contributed by atoms with Gasteiger partial charge in [-0.25, -0.2) is 4.98 Å². The summed E-state index contributed by atoms with van der Waals surface area (Å²) in [7, 11) is 3.81. The van der Waals surface area contributed by atoms with Crippen LogP contribution >= 0.6 is 0 Å². The third kappa shape index (κ3) is 1.92. The van der Waals surface area contributed by atoms with E-state index in [0.717, 1.165) is 16.6 Å². The van der Waals surface area contributed by atoms with E-state index < -0.39 is 0 Å². The van der Waals surface area contributed by atoms with Crippen LogP contribution in [0.25, 0.3) is 22.4 Å². The molecule has 0 saturated carbocycles. The van der Waals surface area contributed by atoms with Gasteiger partial charge in [-0.2, -0.15) is 5.10 Å². The molecule has 0 radical (unpaired) electrons. The summed E-state index contributed by atoms with van der Waals surface area (Å²) in [6.07, 6.45) is 1.73. The Labute approximate surface area is 111 Å². The molecule has 0 fully saturated rings. The molecule has 1 aromatic carbocycles. The molecule has 0 spiro atoms. The van der Waals surface area contributed by atoms with Crippen LogP contribution in [0.3, 0.4) is 0 Å². The lowest BCUT2D eigenvalue weighted by molar-refractivity contribution is 0.440. The number of hydrogen-bond donors (Lipinski definition) is 1. The lowest BCUT2D eigenvalue weighted by Crippen LogP contribution is -2.12. The van der Waals surface area contributed by atoms with Gasteiger partial charge in [0.25, 0.3) is 0 Å². The molecule has 2 heterocycles. The summed E-state index contributed by atoms with van der Waals surface area (Å²) in [5, 5.41) is 8.70. The molecular formula is C14H16N4O. The summed E-state index contributed by atoms with van der Waals surface area (Å²) in [5.74, 6) is 1.38. The minimum Gasteiger partial charge on any atom is -0.437 e. The molecular weight excluding hydrogens is 240 g/mol. The van der Waals surface area contributed by atoms with Crippen molar-refractivity contribution in [2.24, 2.45) is 7.05 Å². The van der Waals surface area contributed by atoms with Crippen LogP contribution in [0.5, 0.6) is 0 Å². The fourth-order valence-electron chi connectivity index (χ4n) is 2.12. The molecule has 5 heteroatoms. The van der Waals surface area contributed by atoms with Gasteiger partial charge in [-0.15, -0.1) is 0 Å². The molecule has 19 heavy (non-hydrogen) atoms. The van der Waals surface area contributed by atoms with Crippen molar-refractivity contribution >= 4 is 10.9 Å². The quantitative estimate of drug-likeness (QED) is 0.782. The van der Waals surface area contributed by atoms with Gasteiger partial charge in [0.2, 0.25) is 5.89 Å². The van der Waals surface area contributed by atoms with Gasteiger partial charge in [-0.05, 0) is 20.0 Å². The number of rotatable bonds is 3. The van der Waals surface area contributed by atoms with E-state index in [1.54, 1.807) is 6.20 Å². The van der Waals surface area contributed by atoms with Crippen molar-refractivity contribution in [1.82, 2.24) is 20.1 Å². The number of aromatic nitrogens is 3. The van der Waals surface area contributed by atoms with Gasteiger partial charge in [0.15, 0.2) is 5.76 Å². The standard InChI is InChI=1S/C14H16N4O/c1-9(15-2)14-16-8-12(19-14)13-10-6-4-5-7-11(10)18(3)17-13/h4-9,15H,1-3H3. The van der Waals surface area contributed by atoms with E-state index in [0.29, 0.717) is 11.7 Å². The van der Waals surface area contributed by atoms with Crippen LogP contribution in [0.2, 0.25) is 0 Å². The first-order valence-electron chi connectivity index (χ1n) is 6.26. The molecule has 1 N–H and O–H groups in total. The largest absolute Gasteiger partial charge is 0.437 e. The Hall–Kier alpha value is -2.14. The normalized spacial score (nSPS) is 13.0. The van der Waals surface area contributed by atoms with Crippen molar-refractivity contribution in [2.75, 3.05) is 7.05 Å². The number of nitrogens with zero attached hydrogens (tertiary/aromatic N) is 3. The highest BCUT2D eigenvalue weighted by Crippen LogP contribution is 2.28. The summed E-state index contributed by atoms with van der Waals surface area (Å²) < 4.78 is 7.65.